The lowest BCUT2D eigenvalue weighted by molar-refractivity contribution is -0.126. The molecule has 6 heteroatoms. The zero-order valence-electron chi connectivity index (χ0n) is 15.9. The van der Waals surface area contributed by atoms with Gasteiger partial charge in [-0.3, -0.25) is 9.69 Å². The Morgan fingerprint density at radius 2 is 1.93 bits per heavy atom. The quantitative estimate of drug-likeness (QED) is 0.722. The van der Waals surface area contributed by atoms with Crippen molar-refractivity contribution in [3.8, 4) is 0 Å². The zero-order valence-corrected chi connectivity index (χ0v) is 16.6. The minimum Gasteiger partial charge on any atom is -0.367 e. The van der Waals surface area contributed by atoms with Gasteiger partial charge in [0.2, 0.25) is 5.91 Å². The molecule has 0 saturated carbocycles. The van der Waals surface area contributed by atoms with E-state index in [0.29, 0.717) is 24.1 Å². The van der Waals surface area contributed by atoms with Crippen LogP contribution in [0, 0.1) is 11.7 Å². The monoisotopic (exact) mass is 404 g/mol. The van der Waals surface area contributed by atoms with E-state index in [1.54, 1.807) is 6.07 Å². The first-order valence-corrected chi connectivity index (χ1v) is 10.0. The van der Waals surface area contributed by atoms with E-state index < -0.39 is 0 Å². The maximum Gasteiger partial charge on any atom is 0.246 e. The lowest BCUT2D eigenvalue weighted by atomic mass is 9.96. The second-order valence-electron chi connectivity index (χ2n) is 7.24. The standard InChI is InChI=1S/C22H26ClFN2O2/c23-21-12-20(24)7-6-19(21)14-26-10-8-17(9-11-26)13-25-22(27)16-28-15-18-4-2-1-3-5-18/h1-7,12,17H,8-11,13-16H2,(H,25,27). The molecular formula is C22H26ClFN2O2. The van der Waals surface area contributed by atoms with Crippen molar-refractivity contribution in [1.82, 2.24) is 10.2 Å². The Hall–Kier alpha value is -1.95. The van der Waals surface area contributed by atoms with Crippen molar-refractivity contribution in [3.63, 3.8) is 0 Å². The van der Waals surface area contributed by atoms with Crippen LogP contribution in [0.5, 0.6) is 0 Å². The molecule has 0 radical (unpaired) electrons. The minimum atomic E-state index is -0.309. The Morgan fingerprint density at radius 1 is 1.18 bits per heavy atom. The molecule has 0 spiro atoms. The maximum atomic E-state index is 13.1. The summed E-state index contributed by atoms with van der Waals surface area (Å²) < 4.78 is 18.6. The number of nitrogens with one attached hydrogen (secondary N) is 1. The van der Waals surface area contributed by atoms with Crippen LogP contribution >= 0.6 is 11.6 Å². The number of rotatable bonds is 8. The summed E-state index contributed by atoms with van der Waals surface area (Å²) in [5.74, 6) is 0.0883. The fourth-order valence-electron chi connectivity index (χ4n) is 3.38. The van der Waals surface area contributed by atoms with Crippen LogP contribution in [0.4, 0.5) is 4.39 Å². The highest BCUT2D eigenvalue weighted by molar-refractivity contribution is 6.31. The first kappa shape index (κ1) is 20.8. The van der Waals surface area contributed by atoms with E-state index in [1.807, 2.05) is 30.3 Å². The summed E-state index contributed by atoms with van der Waals surface area (Å²) in [7, 11) is 0. The summed E-state index contributed by atoms with van der Waals surface area (Å²) in [6, 6.07) is 14.4. The topological polar surface area (TPSA) is 41.6 Å². The average molecular weight is 405 g/mol. The third-order valence-electron chi connectivity index (χ3n) is 5.05. The van der Waals surface area contributed by atoms with E-state index >= 15 is 0 Å². The molecule has 2 aromatic rings. The third kappa shape index (κ3) is 6.59. The molecule has 1 fully saturated rings. The van der Waals surface area contributed by atoms with Crippen molar-refractivity contribution in [1.29, 1.82) is 0 Å². The first-order chi connectivity index (χ1) is 13.6. The van der Waals surface area contributed by atoms with Crippen molar-refractivity contribution in [2.45, 2.75) is 26.0 Å². The summed E-state index contributed by atoms with van der Waals surface area (Å²) in [5, 5.41) is 3.45. The number of hydrogen-bond donors (Lipinski definition) is 1. The Kier molecular flexibility index (Phi) is 7.83. The van der Waals surface area contributed by atoms with Gasteiger partial charge in [-0.2, -0.15) is 0 Å². The third-order valence-corrected chi connectivity index (χ3v) is 5.40. The predicted molar refractivity (Wildman–Crippen MR) is 109 cm³/mol. The number of hydrogen-bond acceptors (Lipinski definition) is 3. The summed E-state index contributed by atoms with van der Waals surface area (Å²) in [6.45, 7) is 3.82. The molecule has 150 valence electrons. The maximum absolute atomic E-state index is 13.1. The molecule has 1 heterocycles. The van der Waals surface area contributed by atoms with Gasteiger partial charge in [-0.1, -0.05) is 48.0 Å². The van der Waals surface area contributed by atoms with Gasteiger partial charge < -0.3 is 10.1 Å². The lowest BCUT2D eigenvalue weighted by Gasteiger charge is -2.32. The van der Waals surface area contributed by atoms with E-state index in [4.69, 9.17) is 16.3 Å². The number of piperidine rings is 1. The molecule has 4 nitrogen and oxygen atoms in total. The second kappa shape index (κ2) is 10.6. The van der Waals surface area contributed by atoms with Crippen molar-refractivity contribution in [2.24, 2.45) is 5.92 Å². The Balaban J connectivity index is 1.31. The molecule has 1 aliphatic heterocycles. The highest BCUT2D eigenvalue weighted by Gasteiger charge is 2.20. The van der Waals surface area contributed by atoms with Gasteiger partial charge in [0.25, 0.3) is 0 Å². The minimum absolute atomic E-state index is 0.0727. The molecule has 0 atom stereocenters. The van der Waals surface area contributed by atoms with Crippen LogP contribution in [-0.2, 0) is 22.7 Å². The molecule has 2 aromatic carbocycles. The highest BCUT2D eigenvalue weighted by atomic mass is 35.5. The fraction of sp³-hybridized carbons (Fsp3) is 0.409. The molecule has 1 N–H and O–H groups in total. The first-order valence-electron chi connectivity index (χ1n) is 9.65. The van der Waals surface area contributed by atoms with Crippen LogP contribution in [0.15, 0.2) is 48.5 Å². The van der Waals surface area contributed by atoms with Gasteiger partial charge in [-0.15, -0.1) is 0 Å². The summed E-state index contributed by atoms with van der Waals surface area (Å²) >= 11 is 6.12. The van der Waals surface area contributed by atoms with E-state index in [1.165, 1.54) is 12.1 Å². The number of ether oxygens (including phenoxy) is 1. The second-order valence-corrected chi connectivity index (χ2v) is 7.64. The van der Waals surface area contributed by atoms with Crippen LogP contribution in [-0.4, -0.2) is 37.0 Å². The molecule has 1 saturated heterocycles. The molecule has 28 heavy (non-hydrogen) atoms. The Bertz CT molecular complexity index is 764. The van der Waals surface area contributed by atoms with Crippen LogP contribution in [0.2, 0.25) is 5.02 Å². The van der Waals surface area contributed by atoms with Gasteiger partial charge >= 0.3 is 0 Å². The van der Waals surface area contributed by atoms with Gasteiger partial charge in [0.1, 0.15) is 12.4 Å². The highest BCUT2D eigenvalue weighted by Crippen LogP contribution is 2.22. The normalized spacial score (nSPS) is 15.5. The number of halogens is 2. The largest absolute Gasteiger partial charge is 0.367 e. The van der Waals surface area contributed by atoms with E-state index in [0.717, 1.165) is 43.6 Å². The fourth-order valence-corrected chi connectivity index (χ4v) is 3.61. The zero-order chi connectivity index (χ0) is 19.8. The van der Waals surface area contributed by atoms with Crippen LogP contribution in [0.3, 0.4) is 0 Å². The molecule has 1 amide bonds. The molecular weight excluding hydrogens is 379 g/mol. The molecule has 0 aliphatic carbocycles. The summed E-state index contributed by atoms with van der Waals surface area (Å²) in [4.78, 5) is 14.3. The van der Waals surface area contributed by atoms with E-state index in [2.05, 4.69) is 10.2 Å². The van der Waals surface area contributed by atoms with Gasteiger partial charge in [-0.05, 0) is 55.1 Å². The number of carbonyl (C=O) groups excluding carboxylic acids is 1. The molecule has 0 aromatic heterocycles. The van der Waals surface area contributed by atoms with E-state index in [9.17, 15) is 9.18 Å². The van der Waals surface area contributed by atoms with E-state index in [-0.39, 0.29) is 18.3 Å². The smallest absolute Gasteiger partial charge is 0.246 e. The summed E-state index contributed by atoms with van der Waals surface area (Å²) in [6.07, 6.45) is 2.04. The van der Waals surface area contributed by atoms with Gasteiger partial charge in [0.05, 0.1) is 6.61 Å². The lowest BCUT2D eigenvalue weighted by Crippen LogP contribution is -2.39. The Labute approximate surface area is 170 Å². The van der Waals surface area contributed by atoms with Crippen molar-refractivity contribution in [2.75, 3.05) is 26.2 Å². The van der Waals surface area contributed by atoms with Crippen LogP contribution in [0.25, 0.3) is 0 Å². The predicted octanol–water partition coefficient (Wildman–Crippen LogP) is 4.02. The summed E-state index contributed by atoms with van der Waals surface area (Å²) in [5.41, 5.74) is 2.01. The number of benzene rings is 2. The van der Waals surface area contributed by atoms with Crippen molar-refractivity contribution < 1.29 is 13.9 Å². The van der Waals surface area contributed by atoms with Crippen molar-refractivity contribution >= 4 is 17.5 Å². The van der Waals surface area contributed by atoms with Crippen LogP contribution < -0.4 is 5.32 Å². The Morgan fingerprint density at radius 3 is 2.64 bits per heavy atom. The van der Waals surface area contributed by atoms with Gasteiger partial charge in [0.15, 0.2) is 0 Å². The average Bonchev–Trinajstić information content (AvgIpc) is 2.70. The number of nitrogens with zero attached hydrogens (tertiary/aromatic N) is 1. The number of amides is 1. The molecule has 1 aliphatic rings. The SMILES string of the molecule is O=C(COCc1ccccc1)NCC1CCN(Cc2ccc(F)cc2Cl)CC1. The van der Waals surface area contributed by atoms with Crippen LogP contribution in [0.1, 0.15) is 24.0 Å². The molecule has 3 rings (SSSR count). The molecule has 0 bridgehead atoms. The molecule has 0 unspecified atom stereocenters. The van der Waals surface area contributed by atoms with Crippen molar-refractivity contribution in [3.05, 3.63) is 70.5 Å². The van der Waals surface area contributed by atoms with Gasteiger partial charge in [-0.25, -0.2) is 4.39 Å². The number of likely N-dealkylation sites (tertiary alicyclic amines) is 1. The van der Waals surface area contributed by atoms with Gasteiger partial charge in [0, 0.05) is 18.1 Å². The number of carbonyl (C=O) groups is 1.